The number of ketones is 1. The Bertz CT molecular complexity index is 1090. The molecule has 180 valence electrons. The van der Waals surface area contributed by atoms with Crippen LogP contribution in [0.1, 0.15) is 61.9 Å². The van der Waals surface area contributed by atoms with Gasteiger partial charge in [-0.25, -0.2) is 12.7 Å². The number of aryl methyl sites for hydroxylation is 1. The quantitative estimate of drug-likeness (QED) is 0.643. The van der Waals surface area contributed by atoms with E-state index in [-0.39, 0.29) is 27.7 Å². The summed E-state index contributed by atoms with van der Waals surface area (Å²) < 4.78 is 28.7. The van der Waals surface area contributed by atoms with Crippen LogP contribution in [0.25, 0.3) is 0 Å². The van der Waals surface area contributed by atoms with Crippen LogP contribution >= 0.6 is 11.8 Å². The molecule has 5 rings (SSSR count). The lowest BCUT2D eigenvalue weighted by molar-refractivity contribution is -0.128. The summed E-state index contributed by atoms with van der Waals surface area (Å²) in [6.45, 7) is 7.62. The number of hydrogen-bond acceptors (Lipinski definition) is 5. The smallest absolute Gasteiger partial charge is 0.255 e. The van der Waals surface area contributed by atoms with Gasteiger partial charge in [0.05, 0.1) is 10.6 Å². The van der Waals surface area contributed by atoms with Gasteiger partial charge in [0.25, 0.3) is 5.91 Å². The lowest BCUT2D eigenvalue weighted by atomic mass is 9.70. The van der Waals surface area contributed by atoms with Gasteiger partial charge in [0.15, 0.2) is 0 Å². The number of thioether (sulfide) groups is 1. The van der Waals surface area contributed by atoms with Crippen molar-refractivity contribution < 1.29 is 18.0 Å². The second-order valence-electron chi connectivity index (χ2n) is 10.9. The van der Waals surface area contributed by atoms with E-state index in [0.717, 1.165) is 23.3 Å². The maximum atomic E-state index is 13.5. The Balaban J connectivity index is 1.32. The minimum atomic E-state index is -3.56. The summed E-state index contributed by atoms with van der Waals surface area (Å²) >= 11 is 1.79. The normalized spacial score (nSPS) is 30.9. The van der Waals surface area contributed by atoms with Crippen molar-refractivity contribution in [1.82, 2.24) is 9.21 Å². The second kappa shape index (κ2) is 7.82. The number of sulfonamides is 1. The molecule has 2 atom stereocenters. The summed E-state index contributed by atoms with van der Waals surface area (Å²) in [4.78, 5) is 27.9. The van der Waals surface area contributed by atoms with Gasteiger partial charge in [0, 0.05) is 42.8 Å². The highest BCUT2D eigenvalue weighted by atomic mass is 32.2. The number of carbonyl (C=O) groups excluding carboxylic acids is 2. The molecule has 33 heavy (non-hydrogen) atoms. The molecule has 0 radical (unpaired) electrons. The lowest BCUT2D eigenvalue weighted by Gasteiger charge is -2.45. The molecule has 2 unspecified atom stereocenters. The fourth-order valence-corrected chi connectivity index (χ4v) is 10.6. The largest absolute Gasteiger partial charge is 0.323 e. The summed E-state index contributed by atoms with van der Waals surface area (Å²) in [7, 11) is -3.56. The third-order valence-electron chi connectivity index (χ3n) is 9.26. The number of rotatable bonds is 4. The molecule has 1 amide bonds. The predicted molar refractivity (Wildman–Crippen MR) is 131 cm³/mol. The molecule has 2 aliphatic carbocycles. The highest BCUT2D eigenvalue weighted by molar-refractivity contribution is 8.00. The van der Waals surface area contributed by atoms with E-state index in [9.17, 15) is 18.0 Å². The Labute approximate surface area is 201 Å². The van der Waals surface area contributed by atoms with Gasteiger partial charge in [-0.3, -0.25) is 9.59 Å². The standard InChI is InChI=1S/C25H34N2O4S2/c1-18-6-4-5-7-20(18)22(29)27-14-15-32-25(27)10-12-26(13-11-25)33(30,31)17-24-9-8-19(16-21(24)28)23(24,2)3/h4-7,19H,8-17H2,1-3H3. The number of amides is 1. The number of benzene rings is 1. The average Bonchev–Trinajstić information content (AvgIpc) is 3.33. The molecule has 6 nitrogen and oxygen atoms in total. The third-order valence-corrected chi connectivity index (χ3v) is 12.8. The summed E-state index contributed by atoms with van der Waals surface area (Å²) in [6, 6.07) is 7.66. The minimum Gasteiger partial charge on any atom is -0.323 e. The van der Waals surface area contributed by atoms with Gasteiger partial charge >= 0.3 is 0 Å². The zero-order valence-electron chi connectivity index (χ0n) is 19.8. The molecule has 4 fully saturated rings. The molecule has 2 saturated heterocycles. The van der Waals surface area contributed by atoms with Gasteiger partial charge in [0.1, 0.15) is 5.78 Å². The van der Waals surface area contributed by atoms with Crippen molar-refractivity contribution in [2.75, 3.05) is 31.1 Å². The Morgan fingerprint density at radius 2 is 1.82 bits per heavy atom. The van der Waals surface area contributed by atoms with E-state index in [1.165, 1.54) is 0 Å². The van der Waals surface area contributed by atoms with Crippen LogP contribution in [0.15, 0.2) is 24.3 Å². The molecule has 2 heterocycles. The first-order valence-corrected chi connectivity index (χ1v) is 14.6. The van der Waals surface area contributed by atoms with Crippen molar-refractivity contribution in [1.29, 1.82) is 0 Å². The van der Waals surface area contributed by atoms with E-state index in [0.29, 0.717) is 51.2 Å². The molecule has 4 aliphatic rings. The van der Waals surface area contributed by atoms with E-state index >= 15 is 0 Å². The molecule has 2 saturated carbocycles. The monoisotopic (exact) mass is 490 g/mol. The van der Waals surface area contributed by atoms with Crippen molar-refractivity contribution in [2.45, 2.75) is 57.7 Å². The first kappa shape index (κ1) is 23.4. The van der Waals surface area contributed by atoms with Gasteiger partial charge in [-0.2, -0.15) is 0 Å². The SMILES string of the molecule is Cc1ccccc1C(=O)N1CCSC12CCN(S(=O)(=O)CC13CCC(CC1=O)C3(C)C)CC2. The van der Waals surface area contributed by atoms with E-state index in [1.54, 1.807) is 16.1 Å². The predicted octanol–water partition coefficient (Wildman–Crippen LogP) is 3.70. The molecular formula is C25H34N2O4S2. The topological polar surface area (TPSA) is 74.8 Å². The van der Waals surface area contributed by atoms with E-state index in [2.05, 4.69) is 13.8 Å². The van der Waals surface area contributed by atoms with Crippen LogP contribution in [0.5, 0.6) is 0 Å². The Kier molecular flexibility index (Phi) is 5.54. The maximum absolute atomic E-state index is 13.5. The van der Waals surface area contributed by atoms with Gasteiger partial charge in [-0.05, 0) is 55.6 Å². The fourth-order valence-electron chi connectivity index (χ4n) is 6.89. The second-order valence-corrected chi connectivity index (χ2v) is 14.3. The van der Waals surface area contributed by atoms with Crippen molar-refractivity contribution >= 4 is 33.5 Å². The van der Waals surface area contributed by atoms with E-state index in [1.807, 2.05) is 36.1 Å². The highest BCUT2D eigenvalue weighted by Gasteiger charge is 2.65. The average molecular weight is 491 g/mol. The number of Topliss-reactive ketones (excluding diaryl/α,β-unsaturated/α-hetero) is 1. The summed E-state index contributed by atoms with van der Waals surface area (Å²) in [5.41, 5.74) is 0.700. The lowest BCUT2D eigenvalue weighted by Crippen LogP contribution is -2.55. The molecule has 1 aromatic carbocycles. The van der Waals surface area contributed by atoms with Crippen LogP contribution in [0.2, 0.25) is 0 Å². The van der Waals surface area contributed by atoms with Gasteiger partial charge in [0.2, 0.25) is 10.0 Å². The maximum Gasteiger partial charge on any atom is 0.255 e. The number of fused-ring (bicyclic) bond motifs is 2. The number of piperidine rings is 1. The number of carbonyl (C=O) groups is 2. The Morgan fingerprint density at radius 3 is 2.42 bits per heavy atom. The van der Waals surface area contributed by atoms with Crippen LogP contribution < -0.4 is 0 Å². The molecule has 8 heteroatoms. The third kappa shape index (κ3) is 3.42. The van der Waals surface area contributed by atoms with Gasteiger partial charge < -0.3 is 4.90 Å². The van der Waals surface area contributed by atoms with Crippen LogP contribution in [-0.4, -0.2) is 65.3 Å². The first-order chi connectivity index (χ1) is 15.5. The van der Waals surface area contributed by atoms with Crippen LogP contribution in [0, 0.1) is 23.7 Å². The molecule has 2 aliphatic heterocycles. The van der Waals surface area contributed by atoms with Crippen LogP contribution in [0.3, 0.4) is 0 Å². The Hall–Kier alpha value is -1.38. The Morgan fingerprint density at radius 1 is 1.12 bits per heavy atom. The summed E-state index contributed by atoms with van der Waals surface area (Å²) in [6.07, 6.45) is 3.42. The van der Waals surface area contributed by atoms with E-state index < -0.39 is 15.4 Å². The molecular weight excluding hydrogens is 456 g/mol. The zero-order chi connectivity index (χ0) is 23.6. The van der Waals surface area contributed by atoms with Gasteiger partial charge in [-0.1, -0.05) is 32.0 Å². The first-order valence-electron chi connectivity index (χ1n) is 12.1. The van der Waals surface area contributed by atoms with Crippen LogP contribution in [0.4, 0.5) is 0 Å². The molecule has 2 bridgehead atoms. The molecule has 1 spiro atoms. The minimum absolute atomic E-state index is 0.0450. The fraction of sp³-hybridized carbons (Fsp3) is 0.680. The van der Waals surface area contributed by atoms with Crippen molar-refractivity contribution in [3.63, 3.8) is 0 Å². The van der Waals surface area contributed by atoms with Crippen LogP contribution in [-0.2, 0) is 14.8 Å². The van der Waals surface area contributed by atoms with Crippen molar-refractivity contribution in [2.24, 2.45) is 16.7 Å². The molecule has 0 N–H and O–H groups in total. The zero-order valence-corrected chi connectivity index (χ0v) is 21.4. The number of hydrogen-bond donors (Lipinski definition) is 0. The van der Waals surface area contributed by atoms with Gasteiger partial charge in [-0.15, -0.1) is 11.8 Å². The highest BCUT2D eigenvalue weighted by Crippen LogP contribution is 2.64. The van der Waals surface area contributed by atoms with Crippen molar-refractivity contribution in [3.8, 4) is 0 Å². The summed E-state index contributed by atoms with van der Waals surface area (Å²) in [5, 5.41) is 0. The summed E-state index contributed by atoms with van der Waals surface area (Å²) in [5.74, 6) is 1.30. The van der Waals surface area contributed by atoms with E-state index in [4.69, 9.17) is 0 Å². The number of nitrogens with zero attached hydrogens (tertiary/aromatic N) is 2. The molecule has 0 aromatic heterocycles. The molecule has 1 aromatic rings. The van der Waals surface area contributed by atoms with Crippen molar-refractivity contribution in [3.05, 3.63) is 35.4 Å².